The highest BCUT2D eigenvalue weighted by molar-refractivity contribution is 5.86. The average Bonchev–Trinajstić information content (AvgIpc) is 3.05. The van der Waals surface area contributed by atoms with Gasteiger partial charge in [-0.25, -0.2) is 0 Å². The molecular weight excluding hydrogens is 364 g/mol. The van der Waals surface area contributed by atoms with Gasteiger partial charge in [-0.1, -0.05) is 78.9 Å². The van der Waals surface area contributed by atoms with Gasteiger partial charge in [0, 0.05) is 12.7 Å². The first-order chi connectivity index (χ1) is 14.6. The molecule has 0 saturated heterocycles. The molecule has 1 unspecified atom stereocenters. The number of nitrogens with zero attached hydrogens (tertiary/aromatic N) is 2. The Morgan fingerprint density at radius 1 is 0.567 bits per heavy atom. The van der Waals surface area contributed by atoms with E-state index in [4.69, 9.17) is 0 Å². The average molecular weight is 391 g/mol. The largest absolute Gasteiger partial charge is 0.353 e. The van der Waals surface area contributed by atoms with Gasteiger partial charge in [-0.05, 0) is 59.9 Å². The monoisotopic (exact) mass is 390 g/mol. The van der Waals surface area contributed by atoms with Crippen LogP contribution in [0.4, 0.5) is 17.1 Å². The molecule has 0 fully saturated rings. The van der Waals surface area contributed by atoms with Gasteiger partial charge in [0.25, 0.3) is 0 Å². The highest BCUT2D eigenvalue weighted by Gasteiger charge is 2.31. The Kier molecular flexibility index (Phi) is 4.55. The molecule has 0 spiro atoms. The summed E-state index contributed by atoms with van der Waals surface area (Å²) in [5, 5.41) is 0. The van der Waals surface area contributed by atoms with Crippen molar-refractivity contribution < 1.29 is 0 Å². The highest BCUT2D eigenvalue weighted by Crippen LogP contribution is 2.44. The number of rotatable bonds is 3. The minimum absolute atomic E-state index is 0.275. The van der Waals surface area contributed by atoms with Gasteiger partial charge in [-0.2, -0.15) is 0 Å². The van der Waals surface area contributed by atoms with E-state index in [0.29, 0.717) is 0 Å². The van der Waals surface area contributed by atoms with Crippen LogP contribution in [0.3, 0.4) is 0 Å². The highest BCUT2D eigenvalue weighted by atomic mass is 15.4. The first kappa shape index (κ1) is 18.5. The molecule has 30 heavy (non-hydrogen) atoms. The van der Waals surface area contributed by atoms with Crippen LogP contribution in [0.2, 0.25) is 0 Å². The van der Waals surface area contributed by atoms with Crippen LogP contribution in [0.5, 0.6) is 0 Å². The zero-order valence-electron chi connectivity index (χ0n) is 17.7. The van der Waals surface area contributed by atoms with Gasteiger partial charge in [0.05, 0.1) is 11.4 Å². The summed E-state index contributed by atoms with van der Waals surface area (Å²) in [5.74, 6) is 0. The Morgan fingerprint density at radius 2 is 1.10 bits per heavy atom. The maximum Gasteiger partial charge on any atom is 0.103 e. The lowest BCUT2D eigenvalue weighted by atomic mass is 9.98. The summed E-state index contributed by atoms with van der Waals surface area (Å²) in [6.45, 7) is 4.46. The number of hydrogen-bond donors (Lipinski definition) is 0. The smallest absolute Gasteiger partial charge is 0.103 e. The zero-order valence-corrected chi connectivity index (χ0v) is 17.7. The first-order valence-electron chi connectivity index (χ1n) is 10.5. The summed E-state index contributed by atoms with van der Waals surface area (Å²) in [5.41, 5.74) is 10.1. The summed E-state index contributed by atoms with van der Waals surface area (Å²) < 4.78 is 0. The fraction of sp³-hybridized carbons (Fsp3) is 0.143. The number of para-hydroxylation sites is 2. The van der Waals surface area contributed by atoms with Crippen LogP contribution in [0.25, 0.3) is 22.3 Å². The summed E-state index contributed by atoms with van der Waals surface area (Å²) in [6, 6.07) is 34.9. The lowest BCUT2D eigenvalue weighted by Gasteiger charge is -2.29. The molecule has 1 aliphatic heterocycles. The fourth-order valence-corrected chi connectivity index (χ4v) is 4.41. The second kappa shape index (κ2) is 7.38. The van der Waals surface area contributed by atoms with E-state index in [9.17, 15) is 0 Å². The Labute approximate surface area is 179 Å². The standard InChI is InChI=1S/C28H26N2/c1-20-13-14-25(24-17-15-23(16-18-24)22-9-5-4-6-10-22)19-28(20)30-21(2)29(3)26-11-7-8-12-27(26)30/h4-19,21H,1-3H3. The fourth-order valence-electron chi connectivity index (χ4n) is 4.41. The molecule has 1 heterocycles. The zero-order chi connectivity index (χ0) is 20.7. The van der Waals surface area contributed by atoms with Gasteiger partial charge in [-0.3, -0.25) is 0 Å². The molecule has 0 radical (unpaired) electrons. The molecule has 1 aliphatic rings. The molecule has 0 aromatic heterocycles. The van der Waals surface area contributed by atoms with Gasteiger partial charge in [0.1, 0.15) is 6.17 Å². The number of fused-ring (bicyclic) bond motifs is 1. The van der Waals surface area contributed by atoms with Crippen molar-refractivity contribution in [2.75, 3.05) is 16.8 Å². The molecule has 2 heteroatoms. The van der Waals surface area contributed by atoms with Crippen LogP contribution < -0.4 is 9.80 Å². The van der Waals surface area contributed by atoms with Crippen molar-refractivity contribution in [3.8, 4) is 22.3 Å². The van der Waals surface area contributed by atoms with Gasteiger partial charge >= 0.3 is 0 Å². The molecular formula is C28H26N2. The molecule has 0 bridgehead atoms. The van der Waals surface area contributed by atoms with Gasteiger partial charge in [0.2, 0.25) is 0 Å². The van der Waals surface area contributed by atoms with E-state index in [-0.39, 0.29) is 6.17 Å². The third-order valence-corrected chi connectivity index (χ3v) is 6.25. The van der Waals surface area contributed by atoms with Crippen LogP contribution in [-0.2, 0) is 0 Å². The van der Waals surface area contributed by atoms with Gasteiger partial charge in [-0.15, -0.1) is 0 Å². The van der Waals surface area contributed by atoms with Crippen molar-refractivity contribution in [3.63, 3.8) is 0 Å². The maximum atomic E-state index is 2.45. The second-order valence-electron chi connectivity index (χ2n) is 8.05. The number of anilines is 3. The van der Waals surface area contributed by atoms with E-state index in [1.54, 1.807) is 0 Å². The minimum atomic E-state index is 0.275. The van der Waals surface area contributed by atoms with Crippen LogP contribution in [-0.4, -0.2) is 13.2 Å². The SMILES string of the molecule is Cc1ccc(-c2ccc(-c3ccccc3)cc2)cc1N1c2ccccc2N(C)C1C. The number of hydrogen-bond acceptors (Lipinski definition) is 2. The molecule has 4 aromatic carbocycles. The molecule has 5 rings (SSSR count). The second-order valence-corrected chi connectivity index (χ2v) is 8.05. The van der Waals surface area contributed by atoms with Crippen molar-refractivity contribution >= 4 is 17.1 Å². The van der Waals surface area contributed by atoms with Crippen molar-refractivity contribution in [1.29, 1.82) is 0 Å². The van der Waals surface area contributed by atoms with Crippen LogP contribution >= 0.6 is 0 Å². The van der Waals surface area contributed by atoms with Crippen LogP contribution in [0.15, 0.2) is 97.1 Å². The molecule has 2 nitrogen and oxygen atoms in total. The Balaban J connectivity index is 1.53. The normalized spacial score (nSPS) is 15.4. The number of aryl methyl sites for hydroxylation is 1. The van der Waals surface area contributed by atoms with E-state index in [0.717, 1.165) is 0 Å². The van der Waals surface area contributed by atoms with E-state index < -0.39 is 0 Å². The minimum Gasteiger partial charge on any atom is -0.353 e. The Morgan fingerprint density at radius 3 is 1.80 bits per heavy atom. The predicted molar refractivity (Wildman–Crippen MR) is 128 cm³/mol. The van der Waals surface area contributed by atoms with Crippen molar-refractivity contribution in [3.05, 3.63) is 103 Å². The van der Waals surface area contributed by atoms with Crippen LogP contribution in [0, 0.1) is 6.92 Å². The summed E-state index contributed by atoms with van der Waals surface area (Å²) in [4.78, 5) is 4.79. The Bertz CT molecular complexity index is 1180. The molecule has 0 N–H and O–H groups in total. The van der Waals surface area contributed by atoms with E-state index in [2.05, 4.69) is 128 Å². The number of benzene rings is 4. The lowest BCUT2D eigenvalue weighted by Crippen LogP contribution is -2.35. The molecule has 148 valence electrons. The van der Waals surface area contributed by atoms with E-state index >= 15 is 0 Å². The van der Waals surface area contributed by atoms with Crippen molar-refractivity contribution in [2.24, 2.45) is 0 Å². The maximum absolute atomic E-state index is 2.45. The predicted octanol–water partition coefficient (Wildman–Crippen LogP) is 7.26. The topological polar surface area (TPSA) is 6.48 Å². The summed E-state index contributed by atoms with van der Waals surface area (Å²) in [6.07, 6.45) is 0.275. The quantitative estimate of drug-likeness (QED) is 0.363. The summed E-state index contributed by atoms with van der Waals surface area (Å²) in [7, 11) is 2.17. The molecule has 0 amide bonds. The van der Waals surface area contributed by atoms with Gasteiger partial charge in [0.15, 0.2) is 0 Å². The Hall–Kier alpha value is -3.52. The lowest BCUT2D eigenvalue weighted by molar-refractivity contribution is 0.733. The van der Waals surface area contributed by atoms with Crippen LogP contribution in [0.1, 0.15) is 12.5 Å². The first-order valence-corrected chi connectivity index (χ1v) is 10.5. The molecule has 1 atom stereocenters. The summed E-state index contributed by atoms with van der Waals surface area (Å²) >= 11 is 0. The molecule has 4 aromatic rings. The molecule has 0 aliphatic carbocycles. The van der Waals surface area contributed by atoms with Gasteiger partial charge < -0.3 is 9.80 Å². The van der Waals surface area contributed by atoms with E-state index in [1.807, 2.05) is 0 Å². The van der Waals surface area contributed by atoms with Crippen molar-refractivity contribution in [2.45, 2.75) is 20.0 Å². The van der Waals surface area contributed by atoms with E-state index in [1.165, 1.54) is 44.9 Å². The third-order valence-electron chi connectivity index (χ3n) is 6.25. The van der Waals surface area contributed by atoms with Crippen molar-refractivity contribution in [1.82, 2.24) is 0 Å². The molecule has 0 saturated carbocycles. The third kappa shape index (κ3) is 3.05.